The van der Waals surface area contributed by atoms with E-state index in [1.807, 2.05) is 0 Å². The van der Waals surface area contributed by atoms with Crippen molar-refractivity contribution in [2.24, 2.45) is 7.05 Å². The van der Waals surface area contributed by atoms with Crippen molar-refractivity contribution in [2.45, 2.75) is 5.16 Å². The summed E-state index contributed by atoms with van der Waals surface area (Å²) >= 11 is 1.39. The SMILES string of the molecule is Cn1nnnc1SCCNS(C)(=O)=O. The van der Waals surface area contributed by atoms with Gasteiger partial charge in [0, 0.05) is 19.3 Å². The van der Waals surface area contributed by atoms with Crippen molar-refractivity contribution >= 4 is 21.8 Å². The first-order chi connectivity index (χ1) is 6.49. The van der Waals surface area contributed by atoms with Crippen molar-refractivity contribution < 1.29 is 8.42 Å². The van der Waals surface area contributed by atoms with Crippen LogP contribution in [0.25, 0.3) is 0 Å². The number of nitrogens with zero attached hydrogens (tertiary/aromatic N) is 4. The standard InChI is InChI=1S/C5H11N5O2S2/c1-10-5(7-8-9-10)13-4-3-6-14(2,11)12/h6H,3-4H2,1-2H3. The molecular formula is C5H11N5O2S2. The third-order valence-corrected chi connectivity index (χ3v) is 3.02. The van der Waals surface area contributed by atoms with Crippen molar-refractivity contribution in [1.29, 1.82) is 0 Å². The molecule has 1 aromatic heterocycles. The second-order valence-electron chi connectivity index (χ2n) is 2.60. The quantitative estimate of drug-likeness (QED) is 0.514. The van der Waals surface area contributed by atoms with Gasteiger partial charge in [0.05, 0.1) is 6.26 Å². The van der Waals surface area contributed by atoms with Gasteiger partial charge in [0.25, 0.3) is 0 Å². The number of tetrazole rings is 1. The first-order valence-corrected chi connectivity index (χ1v) is 6.66. The molecule has 0 unspecified atom stereocenters. The summed E-state index contributed by atoms with van der Waals surface area (Å²) in [5.74, 6) is 0.598. The number of thioether (sulfide) groups is 1. The Labute approximate surface area is 86.3 Å². The third kappa shape index (κ3) is 4.03. The van der Waals surface area contributed by atoms with Gasteiger partial charge >= 0.3 is 0 Å². The molecule has 0 atom stereocenters. The van der Waals surface area contributed by atoms with E-state index in [1.54, 1.807) is 7.05 Å². The van der Waals surface area contributed by atoms with Crippen molar-refractivity contribution in [3.05, 3.63) is 0 Å². The molecule has 0 radical (unpaired) electrons. The molecule has 1 heterocycles. The van der Waals surface area contributed by atoms with Gasteiger partial charge < -0.3 is 0 Å². The maximum Gasteiger partial charge on any atom is 0.209 e. The maximum absolute atomic E-state index is 10.7. The zero-order valence-electron chi connectivity index (χ0n) is 7.84. The molecule has 0 aliphatic heterocycles. The Morgan fingerprint density at radius 2 is 2.29 bits per heavy atom. The second kappa shape index (κ2) is 4.71. The van der Waals surface area contributed by atoms with Crippen LogP contribution in [0.5, 0.6) is 0 Å². The summed E-state index contributed by atoms with van der Waals surface area (Å²) in [5.41, 5.74) is 0. The summed E-state index contributed by atoms with van der Waals surface area (Å²) in [6.45, 7) is 0.371. The predicted octanol–water partition coefficient (Wildman–Crippen LogP) is -1.15. The highest BCUT2D eigenvalue weighted by Gasteiger charge is 2.03. The van der Waals surface area contributed by atoms with Gasteiger partial charge in [-0.05, 0) is 10.4 Å². The van der Waals surface area contributed by atoms with Crippen LogP contribution in [0.15, 0.2) is 5.16 Å². The number of hydrogen-bond acceptors (Lipinski definition) is 6. The van der Waals surface area contributed by atoms with E-state index in [0.717, 1.165) is 6.26 Å². The minimum absolute atomic E-state index is 0.371. The molecule has 14 heavy (non-hydrogen) atoms. The van der Waals surface area contributed by atoms with Crippen LogP contribution in [0.1, 0.15) is 0 Å². The smallest absolute Gasteiger partial charge is 0.209 e. The lowest BCUT2D eigenvalue weighted by molar-refractivity contribution is 0.590. The highest BCUT2D eigenvalue weighted by Crippen LogP contribution is 2.10. The maximum atomic E-state index is 10.7. The molecule has 0 aliphatic rings. The average molecular weight is 237 g/mol. The molecule has 1 N–H and O–H groups in total. The van der Waals surface area contributed by atoms with E-state index in [9.17, 15) is 8.42 Å². The van der Waals surface area contributed by atoms with Gasteiger partial charge in [-0.1, -0.05) is 11.8 Å². The minimum Gasteiger partial charge on any atom is -0.224 e. The van der Waals surface area contributed by atoms with Gasteiger partial charge in [-0.3, -0.25) is 0 Å². The molecule has 0 aliphatic carbocycles. The lowest BCUT2D eigenvalue weighted by Gasteiger charge is -2.00. The van der Waals surface area contributed by atoms with Crippen LogP contribution in [0.2, 0.25) is 0 Å². The van der Waals surface area contributed by atoms with Gasteiger partial charge in [-0.2, -0.15) is 0 Å². The number of sulfonamides is 1. The van der Waals surface area contributed by atoms with Gasteiger partial charge in [-0.25, -0.2) is 17.8 Å². The fourth-order valence-corrected chi connectivity index (χ4v) is 2.02. The van der Waals surface area contributed by atoms with E-state index in [-0.39, 0.29) is 0 Å². The fourth-order valence-electron chi connectivity index (χ4n) is 0.713. The average Bonchev–Trinajstić information content (AvgIpc) is 2.44. The monoisotopic (exact) mass is 237 g/mol. The lowest BCUT2D eigenvalue weighted by Crippen LogP contribution is -2.24. The van der Waals surface area contributed by atoms with E-state index in [2.05, 4.69) is 20.2 Å². The molecule has 80 valence electrons. The summed E-state index contributed by atoms with van der Waals surface area (Å²) in [4.78, 5) is 0. The molecule has 0 saturated carbocycles. The molecular weight excluding hydrogens is 226 g/mol. The molecule has 0 aromatic carbocycles. The Bertz CT molecular complexity index is 387. The third-order valence-electron chi connectivity index (χ3n) is 1.28. The summed E-state index contributed by atoms with van der Waals surface area (Å²) < 4.78 is 25.3. The van der Waals surface area contributed by atoms with Crippen LogP contribution in [-0.2, 0) is 17.1 Å². The summed E-state index contributed by atoms with van der Waals surface area (Å²) in [6, 6.07) is 0. The highest BCUT2D eigenvalue weighted by molar-refractivity contribution is 7.99. The number of nitrogens with one attached hydrogen (secondary N) is 1. The fraction of sp³-hybridized carbons (Fsp3) is 0.800. The van der Waals surface area contributed by atoms with Crippen LogP contribution < -0.4 is 4.72 Å². The Morgan fingerprint density at radius 1 is 1.57 bits per heavy atom. The van der Waals surface area contributed by atoms with E-state index in [0.29, 0.717) is 17.5 Å². The first kappa shape index (κ1) is 11.4. The van der Waals surface area contributed by atoms with E-state index in [4.69, 9.17) is 0 Å². The number of aromatic nitrogens is 4. The summed E-state index contributed by atoms with van der Waals surface area (Å²) in [7, 11) is -1.37. The number of rotatable bonds is 5. The first-order valence-electron chi connectivity index (χ1n) is 3.79. The molecule has 1 aromatic rings. The zero-order chi connectivity index (χ0) is 10.6. The van der Waals surface area contributed by atoms with E-state index in [1.165, 1.54) is 16.4 Å². The van der Waals surface area contributed by atoms with Crippen molar-refractivity contribution in [1.82, 2.24) is 24.9 Å². The van der Waals surface area contributed by atoms with E-state index >= 15 is 0 Å². The van der Waals surface area contributed by atoms with Crippen LogP contribution in [0.4, 0.5) is 0 Å². The van der Waals surface area contributed by atoms with Crippen molar-refractivity contribution in [2.75, 3.05) is 18.6 Å². The van der Waals surface area contributed by atoms with Crippen LogP contribution in [-0.4, -0.2) is 47.2 Å². The van der Waals surface area contributed by atoms with Gasteiger partial charge in [0.2, 0.25) is 15.2 Å². The summed E-state index contributed by atoms with van der Waals surface area (Å²) in [5, 5.41) is 11.5. The Morgan fingerprint density at radius 3 is 2.79 bits per heavy atom. The summed E-state index contributed by atoms with van der Waals surface area (Å²) in [6.07, 6.45) is 1.13. The van der Waals surface area contributed by atoms with Crippen LogP contribution in [0, 0.1) is 0 Å². The van der Waals surface area contributed by atoms with Crippen molar-refractivity contribution in [3.8, 4) is 0 Å². The Balaban J connectivity index is 2.26. The Hall–Kier alpha value is -0.670. The molecule has 0 bridgehead atoms. The topological polar surface area (TPSA) is 89.8 Å². The highest BCUT2D eigenvalue weighted by atomic mass is 32.2. The van der Waals surface area contributed by atoms with Crippen molar-refractivity contribution in [3.63, 3.8) is 0 Å². The molecule has 0 saturated heterocycles. The second-order valence-corrected chi connectivity index (χ2v) is 5.50. The van der Waals surface area contributed by atoms with Gasteiger partial charge in [0.15, 0.2) is 0 Å². The minimum atomic E-state index is -3.10. The zero-order valence-corrected chi connectivity index (χ0v) is 9.47. The van der Waals surface area contributed by atoms with Crippen LogP contribution >= 0.6 is 11.8 Å². The molecule has 1 rings (SSSR count). The molecule has 9 heteroatoms. The normalized spacial score (nSPS) is 11.9. The number of hydrogen-bond donors (Lipinski definition) is 1. The lowest BCUT2D eigenvalue weighted by atomic mass is 10.8. The van der Waals surface area contributed by atoms with Crippen LogP contribution in [0.3, 0.4) is 0 Å². The largest absolute Gasteiger partial charge is 0.224 e. The molecule has 0 spiro atoms. The van der Waals surface area contributed by atoms with E-state index < -0.39 is 10.0 Å². The van der Waals surface area contributed by atoms with Gasteiger partial charge in [-0.15, -0.1) is 5.10 Å². The predicted molar refractivity (Wildman–Crippen MR) is 52.4 cm³/mol. The van der Waals surface area contributed by atoms with Gasteiger partial charge in [0.1, 0.15) is 0 Å². The molecule has 7 nitrogen and oxygen atoms in total. The molecule has 0 fully saturated rings. The number of aryl methyl sites for hydroxylation is 1. The Kier molecular flexibility index (Phi) is 3.84. The molecule has 0 amide bonds.